The van der Waals surface area contributed by atoms with Gasteiger partial charge in [0.05, 0.1) is 24.1 Å². The lowest BCUT2D eigenvalue weighted by Crippen LogP contribution is -2.59. The van der Waals surface area contributed by atoms with E-state index >= 15 is 0 Å². The van der Waals surface area contributed by atoms with Gasteiger partial charge < -0.3 is 10.6 Å². The molecule has 2 aliphatic rings. The Morgan fingerprint density at radius 1 is 1.47 bits per heavy atom. The Balaban J connectivity index is 2.06. The SMILES string of the molecule is CN1C(=O)CN(C2CCS(=O)(=O)C2)CC1CN. The van der Waals surface area contributed by atoms with Crippen molar-refractivity contribution in [3.8, 4) is 0 Å². The van der Waals surface area contributed by atoms with Crippen LogP contribution < -0.4 is 5.73 Å². The first-order valence-corrected chi connectivity index (χ1v) is 7.65. The van der Waals surface area contributed by atoms with Gasteiger partial charge in [-0.2, -0.15) is 0 Å². The highest BCUT2D eigenvalue weighted by Crippen LogP contribution is 2.20. The summed E-state index contributed by atoms with van der Waals surface area (Å²) in [6.07, 6.45) is 0.636. The molecular weight excluding hydrogens is 242 g/mol. The van der Waals surface area contributed by atoms with E-state index in [1.54, 1.807) is 11.9 Å². The predicted molar refractivity (Wildman–Crippen MR) is 64.2 cm³/mol. The maximum Gasteiger partial charge on any atom is 0.236 e. The number of carbonyl (C=O) groups is 1. The highest BCUT2D eigenvalue weighted by molar-refractivity contribution is 7.91. The van der Waals surface area contributed by atoms with Crippen molar-refractivity contribution in [2.24, 2.45) is 5.73 Å². The summed E-state index contributed by atoms with van der Waals surface area (Å²) in [6.45, 7) is 1.41. The summed E-state index contributed by atoms with van der Waals surface area (Å²) in [5.74, 6) is 0.447. The molecule has 0 aromatic rings. The first-order chi connectivity index (χ1) is 7.93. The number of piperazine rings is 1. The molecule has 0 aromatic carbocycles. The highest BCUT2D eigenvalue weighted by atomic mass is 32.2. The fraction of sp³-hybridized carbons (Fsp3) is 0.900. The van der Waals surface area contributed by atoms with Crippen molar-refractivity contribution in [1.82, 2.24) is 9.80 Å². The van der Waals surface area contributed by atoms with Gasteiger partial charge in [0.2, 0.25) is 5.91 Å². The summed E-state index contributed by atoms with van der Waals surface area (Å²) in [5.41, 5.74) is 5.63. The molecule has 2 N–H and O–H groups in total. The number of likely N-dealkylation sites (N-methyl/N-ethyl adjacent to an activating group) is 1. The Labute approximate surface area is 102 Å². The normalized spacial score (nSPS) is 34.2. The third-order valence-corrected chi connectivity index (χ3v) is 5.47. The standard InChI is InChI=1S/C10H19N3O3S/c1-12-9(4-11)5-13(6-10(12)14)8-2-3-17(15,16)7-8/h8-9H,2-7,11H2,1H3. The van der Waals surface area contributed by atoms with Crippen molar-refractivity contribution in [3.63, 3.8) is 0 Å². The van der Waals surface area contributed by atoms with Gasteiger partial charge in [0, 0.05) is 26.2 Å². The van der Waals surface area contributed by atoms with E-state index < -0.39 is 9.84 Å². The van der Waals surface area contributed by atoms with Gasteiger partial charge in [-0.1, -0.05) is 0 Å². The molecule has 0 saturated carbocycles. The lowest BCUT2D eigenvalue weighted by molar-refractivity contribution is -0.138. The molecule has 2 atom stereocenters. The molecule has 2 rings (SSSR count). The van der Waals surface area contributed by atoms with Gasteiger partial charge in [-0.15, -0.1) is 0 Å². The third-order valence-electron chi connectivity index (χ3n) is 3.72. The zero-order valence-corrected chi connectivity index (χ0v) is 10.8. The van der Waals surface area contributed by atoms with Gasteiger partial charge in [0.15, 0.2) is 9.84 Å². The number of amides is 1. The first-order valence-electron chi connectivity index (χ1n) is 5.83. The second-order valence-electron chi connectivity index (χ2n) is 4.88. The zero-order chi connectivity index (χ0) is 12.6. The Hall–Kier alpha value is -0.660. The quantitative estimate of drug-likeness (QED) is 0.639. The van der Waals surface area contributed by atoms with E-state index in [0.29, 0.717) is 26.1 Å². The Kier molecular flexibility index (Phi) is 3.42. The topological polar surface area (TPSA) is 83.7 Å². The molecule has 0 aromatic heterocycles. The lowest BCUT2D eigenvalue weighted by atomic mass is 10.1. The molecule has 2 saturated heterocycles. The van der Waals surface area contributed by atoms with E-state index in [-0.39, 0.29) is 29.5 Å². The number of sulfone groups is 1. The molecular formula is C10H19N3O3S. The molecule has 2 fully saturated rings. The van der Waals surface area contributed by atoms with Crippen LogP contribution in [0.4, 0.5) is 0 Å². The second-order valence-corrected chi connectivity index (χ2v) is 7.11. The maximum atomic E-state index is 11.8. The average molecular weight is 261 g/mol. The summed E-state index contributed by atoms with van der Waals surface area (Å²) in [5, 5.41) is 0. The summed E-state index contributed by atoms with van der Waals surface area (Å²) in [6, 6.07) is -0.00810. The molecule has 2 aliphatic heterocycles. The minimum Gasteiger partial charge on any atom is -0.339 e. The molecule has 0 bridgehead atoms. The number of hydrogen-bond donors (Lipinski definition) is 1. The molecule has 7 heteroatoms. The fourth-order valence-electron chi connectivity index (χ4n) is 2.52. The minimum atomic E-state index is -2.90. The summed E-state index contributed by atoms with van der Waals surface area (Å²) in [7, 11) is -1.15. The highest BCUT2D eigenvalue weighted by Gasteiger charge is 2.37. The van der Waals surface area contributed by atoms with E-state index in [4.69, 9.17) is 5.73 Å². The van der Waals surface area contributed by atoms with Gasteiger partial charge >= 0.3 is 0 Å². The Morgan fingerprint density at radius 3 is 2.71 bits per heavy atom. The van der Waals surface area contributed by atoms with Crippen LogP contribution in [0.1, 0.15) is 6.42 Å². The number of rotatable bonds is 2. The smallest absolute Gasteiger partial charge is 0.236 e. The van der Waals surface area contributed by atoms with E-state index in [9.17, 15) is 13.2 Å². The molecule has 17 heavy (non-hydrogen) atoms. The van der Waals surface area contributed by atoms with Crippen LogP contribution in [-0.4, -0.2) is 74.4 Å². The molecule has 0 radical (unpaired) electrons. The average Bonchev–Trinajstić information content (AvgIpc) is 2.62. The number of nitrogens with zero attached hydrogens (tertiary/aromatic N) is 2. The van der Waals surface area contributed by atoms with Gasteiger partial charge in [0.25, 0.3) is 0 Å². The van der Waals surface area contributed by atoms with Gasteiger partial charge in [-0.3, -0.25) is 9.69 Å². The molecule has 1 amide bonds. The summed E-state index contributed by atoms with van der Waals surface area (Å²) in [4.78, 5) is 15.4. The minimum absolute atomic E-state index is 0.000413. The van der Waals surface area contributed by atoms with Crippen molar-refractivity contribution in [1.29, 1.82) is 0 Å². The molecule has 2 unspecified atom stereocenters. The molecule has 0 aliphatic carbocycles. The van der Waals surface area contributed by atoms with Crippen LogP contribution in [-0.2, 0) is 14.6 Å². The van der Waals surface area contributed by atoms with Crippen LogP contribution in [0.2, 0.25) is 0 Å². The van der Waals surface area contributed by atoms with Gasteiger partial charge in [0.1, 0.15) is 0 Å². The third kappa shape index (κ3) is 2.61. The van der Waals surface area contributed by atoms with Crippen molar-refractivity contribution in [2.75, 3.05) is 38.2 Å². The zero-order valence-electron chi connectivity index (χ0n) is 10.0. The summed E-state index contributed by atoms with van der Waals surface area (Å²) >= 11 is 0. The lowest BCUT2D eigenvalue weighted by Gasteiger charge is -2.40. The van der Waals surface area contributed by atoms with Crippen molar-refractivity contribution in [3.05, 3.63) is 0 Å². The largest absolute Gasteiger partial charge is 0.339 e. The van der Waals surface area contributed by atoms with Gasteiger partial charge in [-0.25, -0.2) is 8.42 Å². The van der Waals surface area contributed by atoms with E-state index in [1.165, 1.54) is 0 Å². The van der Waals surface area contributed by atoms with Crippen LogP contribution >= 0.6 is 0 Å². The van der Waals surface area contributed by atoms with E-state index in [1.807, 2.05) is 4.90 Å². The fourth-order valence-corrected chi connectivity index (χ4v) is 4.28. The van der Waals surface area contributed by atoms with Crippen molar-refractivity contribution in [2.45, 2.75) is 18.5 Å². The molecule has 6 nitrogen and oxygen atoms in total. The summed E-state index contributed by atoms with van der Waals surface area (Å²) < 4.78 is 22.9. The number of nitrogens with two attached hydrogens (primary N) is 1. The molecule has 98 valence electrons. The molecule has 2 heterocycles. The van der Waals surface area contributed by atoms with Crippen molar-refractivity contribution >= 4 is 15.7 Å². The van der Waals surface area contributed by atoms with Crippen LogP contribution in [0.5, 0.6) is 0 Å². The van der Waals surface area contributed by atoms with E-state index in [0.717, 1.165) is 0 Å². The van der Waals surface area contributed by atoms with Crippen LogP contribution in [0.3, 0.4) is 0 Å². The van der Waals surface area contributed by atoms with Crippen LogP contribution in [0, 0.1) is 0 Å². The second kappa shape index (κ2) is 4.55. The monoisotopic (exact) mass is 261 g/mol. The Bertz CT molecular complexity index is 409. The number of carbonyl (C=O) groups excluding carboxylic acids is 1. The van der Waals surface area contributed by atoms with Crippen LogP contribution in [0.15, 0.2) is 0 Å². The van der Waals surface area contributed by atoms with E-state index in [2.05, 4.69) is 0 Å². The number of hydrogen-bond acceptors (Lipinski definition) is 5. The first kappa shape index (κ1) is 12.8. The maximum absolute atomic E-state index is 11.8. The van der Waals surface area contributed by atoms with Crippen molar-refractivity contribution < 1.29 is 13.2 Å². The van der Waals surface area contributed by atoms with Gasteiger partial charge in [-0.05, 0) is 6.42 Å². The molecule has 0 spiro atoms. The predicted octanol–water partition coefficient (Wildman–Crippen LogP) is -1.73. The Morgan fingerprint density at radius 2 is 2.18 bits per heavy atom. The van der Waals surface area contributed by atoms with Crippen LogP contribution in [0.25, 0.3) is 0 Å².